The molecular weight excluding hydrogens is 470 g/mol. The standard InChI is InChI=1S/C28H27N5O2S/c1-18-14-22(10-12-29-18)20-6-8-21(9-7-20)26(34)30-16-19-4-3-5-23(15-19)27(35)32-28-31-24-17-33(2)13-11-25(24)36-28/h3-10,12,14-15H,11,13,16-17H2,1-2H3,(H,30,34)(H,31,32,35). The van der Waals surface area contributed by atoms with Gasteiger partial charge >= 0.3 is 0 Å². The van der Waals surface area contributed by atoms with E-state index in [2.05, 4.69) is 32.5 Å². The van der Waals surface area contributed by atoms with Crippen LogP contribution in [0.4, 0.5) is 5.13 Å². The Balaban J connectivity index is 1.19. The van der Waals surface area contributed by atoms with Crippen molar-refractivity contribution in [3.05, 3.63) is 99.8 Å². The molecule has 2 N–H and O–H groups in total. The largest absolute Gasteiger partial charge is 0.348 e. The van der Waals surface area contributed by atoms with E-state index in [0.717, 1.165) is 47.6 Å². The monoisotopic (exact) mass is 497 g/mol. The van der Waals surface area contributed by atoms with Gasteiger partial charge in [-0.25, -0.2) is 4.98 Å². The molecule has 2 amide bonds. The van der Waals surface area contributed by atoms with Gasteiger partial charge in [0.15, 0.2) is 5.13 Å². The van der Waals surface area contributed by atoms with E-state index in [0.29, 0.717) is 22.8 Å². The number of amides is 2. The fraction of sp³-hybridized carbons (Fsp3) is 0.214. The number of hydrogen-bond acceptors (Lipinski definition) is 6. The highest BCUT2D eigenvalue weighted by Gasteiger charge is 2.19. The Morgan fingerprint density at radius 1 is 1.00 bits per heavy atom. The van der Waals surface area contributed by atoms with Gasteiger partial charge in [0.1, 0.15) is 0 Å². The third kappa shape index (κ3) is 5.50. The van der Waals surface area contributed by atoms with Crippen LogP contribution in [0, 0.1) is 6.92 Å². The number of aryl methyl sites for hydroxylation is 1. The maximum absolute atomic E-state index is 12.8. The second-order valence-electron chi connectivity index (χ2n) is 8.98. The predicted octanol–water partition coefficient (Wildman–Crippen LogP) is 4.68. The van der Waals surface area contributed by atoms with Crippen LogP contribution in [0.5, 0.6) is 0 Å². The van der Waals surface area contributed by atoms with E-state index < -0.39 is 0 Å². The molecule has 0 radical (unpaired) electrons. The molecule has 5 rings (SSSR count). The summed E-state index contributed by atoms with van der Waals surface area (Å²) in [5.41, 5.74) is 6.05. The van der Waals surface area contributed by atoms with Gasteiger partial charge in [-0.15, -0.1) is 11.3 Å². The summed E-state index contributed by atoms with van der Waals surface area (Å²) in [7, 11) is 2.07. The molecule has 2 aromatic carbocycles. The Morgan fingerprint density at radius 2 is 1.83 bits per heavy atom. The molecule has 0 saturated carbocycles. The zero-order valence-corrected chi connectivity index (χ0v) is 21.1. The number of carbonyl (C=O) groups excluding carboxylic acids is 2. The van der Waals surface area contributed by atoms with Crippen LogP contribution in [0.1, 0.15) is 42.5 Å². The number of benzene rings is 2. The van der Waals surface area contributed by atoms with Crippen LogP contribution in [-0.2, 0) is 19.5 Å². The van der Waals surface area contributed by atoms with Gasteiger partial charge in [-0.2, -0.15) is 0 Å². The van der Waals surface area contributed by atoms with Crippen molar-refractivity contribution in [1.29, 1.82) is 0 Å². The quantitative estimate of drug-likeness (QED) is 0.404. The average Bonchev–Trinajstić information content (AvgIpc) is 3.28. The van der Waals surface area contributed by atoms with Gasteiger partial charge in [0.05, 0.1) is 5.69 Å². The van der Waals surface area contributed by atoms with Gasteiger partial charge in [-0.1, -0.05) is 24.3 Å². The van der Waals surface area contributed by atoms with E-state index in [1.807, 2.05) is 55.5 Å². The molecule has 1 aliphatic rings. The highest BCUT2D eigenvalue weighted by atomic mass is 32.1. The second-order valence-corrected chi connectivity index (χ2v) is 10.1. The normalized spacial score (nSPS) is 13.2. The van der Waals surface area contributed by atoms with Gasteiger partial charge in [0.2, 0.25) is 0 Å². The molecule has 2 aromatic heterocycles. The lowest BCUT2D eigenvalue weighted by Gasteiger charge is -2.20. The lowest BCUT2D eigenvalue weighted by molar-refractivity contribution is 0.0950. The van der Waals surface area contributed by atoms with Crippen LogP contribution < -0.4 is 10.6 Å². The zero-order valence-electron chi connectivity index (χ0n) is 20.2. The molecule has 4 aromatic rings. The smallest absolute Gasteiger partial charge is 0.257 e. The van der Waals surface area contributed by atoms with E-state index in [4.69, 9.17) is 0 Å². The number of carbonyl (C=O) groups is 2. The van der Waals surface area contributed by atoms with Crippen LogP contribution >= 0.6 is 11.3 Å². The maximum Gasteiger partial charge on any atom is 0.257 e. The number of hydrogen-bond donors (Lipinski definition) is 2. The first-order valence-electron chi connectivity index (χ1n) is 11.8. The van der Waals surface area contributed by atoms with E-state index >= 15 is 0 Å². The minimum atomic E-state index is -0.204. The number of likely N-dealkylation sites (N-methyl/N-ethyl adjacent to an activating group) is 1. The molecule has 0 aliphatic carbocycles. The number of aromatic nitrogens is 2. The van der Waals surface area contributed by atoms with Crippen LogP contribution in [0.15, 0.2) is 66.9 Å². The first kappa shape index (κ1) is 23.8. The minimum Gasteiger partial charge on any atom is -0.348 e. The fourth-order valence-corrected chi connectivity index (χ4v) is 5.15. The third-order valence-corrected chi connectivity index (χ3v) is 7.23. The van der Waals surface area contributed by atoms with Crippen molar-refractivity contribution in [3.8, 4) is 11.1 Å². The molecular formula is C28H27N5O2S. The predicted molar refractivity (Wildman–Crippen MR) is 142 cm³/mol. The summed E-state index contributed by atoms with van der Waals surface area (Å²) in [5.74, 6) is -0.370. The van der Waals surface area contributed by atoms with E-state index in [1.54, 1.807) is 29.7 Å². The summed E-state index contributed by atoms with van der Waals surface area (Å²) in [5, 5.41) is 6.50. The Bertz CT molecular complexity index is 1410. The Kier molecular flexibility index (Phi) is 6.88. The number of pyridine rings is 1. The average molecular weight is 498 g/mol. The highest BCUT2D eigenvalue weighted by molar-refractivity contribution is 7.15. The third-order valence-electron chi connectivity index (χ3n) is 6.16. The molecule has 0 spiro atoms. The van der Waals surface area contributed by atoms with Crippen molar-refractivity contribution in [1.82, 2.24) is 20.2 Å². The summed E-state index contributed by atoms with van der Waals surface area (Å²) in [6.45, 7) is 4.09. The van der Waals surface area contributed by atoms with Crippen molar-refractivity contribution < 1.29 is 9.59 Å². The summed E-state index contributed by atoms with van der Waals surface area (Å²) in [6, 6.07) is 18.7. The van der Waals surface area contributed by atoms with Crippen molar-refractivity contribution in [2.24, 2.45) is 0 Å². The SMILES string of the molecule is Cc1cc(-c2ccc(C(=O)NCc3cccc(C(=O)Nc4nc5c(s4)CCN(C)C5)c3)cc2)ccn1. The molecule has 3 heterocycles. The molecule has 0 bridgehead atoms. The van der Waals surface area contributed by atoms with E-state index in [9.17, 15) is 9.59 Å². The van der Waals surface area contributed by atoms with Gasteiger partial charge in [0, 0.05) is 47.5 Å². The van der Waals surface area contributed by atoms with Gasteiger partial charge in [-0.3, -0.25) is 19.9 Å². The molecule has 1 aliphatic heterocycles. The molecule has 0 unspecified atom stereocenters. The van der Waals surface area contributed by atoms with E-state index in [-0.39, 0.29) is 11.8 Å². The second kappa shape index (κ2) is 10.4. The summed E-state index contributed by atoms with van der Waals surface area (Å²) in [6.07, 6.45) is 2.74. The van der Waals surface area contributed by atoms with Crippen molar-refractivity contribution >= 4 is 28.3 Å². The fourth-order valence-electron chi connectivity index (χ4n) is 4.20. The molecule has 182 valence electrons. The molecule has 0 fully saturated rings. The molecule has 7 nitrogen and oxygen atoms in total. The lowest BCUT2D eigenvalue weighted by atomic mass is 10.0. The zero-order chi connectivity index (χ0) is 25.1. The Morgan fingerprint density at radius 3 is 2.64 bits per heavy atom. The first-order valence-corrected chi connectivity index (χ1v) is 12.6. The lowest BCUT2D eigenvalue weighted by Crippen LogP contribution is -2.25. The maximum atomic E-state index is 12.8. The van der Waals surface area contributed by atoms with Gasteiger partial charge in [0.25, 0.3) is 11.8 Å². The summed E-state index contributed by atoms with van der Waals surface area (Å²) < 4.78 is 0. The van der Waals surface area contributed by atoms with Crippen LogP contribution in [0.2, 0.25) is 0 Å². The van der Waals surface area contributed by atoms with Crippen LogP contribution in [0.25, 0.3) is 11.1 Å². The first-order chi connectivity index (χ1) is 17.4. The number of anilines is 1. The topological polar surface area (TPSA) is 87.2 Å². The summed E-state index contributed by atoms with van der Waals surface area (Å²) >= 11 is 1.55. The summed E-state index contributed by atoms with van der Waals surface area (Å²) in [4.78, 5) is 37.8. The highest BCUT2D eigenvalue weighted by Crippen LogP contribution is 2.28. The number of fused-ring (bicyclic) bond motifs is 1. The van der Waals surface area contributed by atoms with Gasteiger partial charge < -0.3 is 10.2 Å². The Labute approximate surface area is 214 Å². The number of nitrogens with one attached hydrogen (secondary N) is 2. The number of nitrogens with zero attached hydrogens (tertiary/aromatic N) is 3. The van der Waals surface area contributed by atoms with Crippen molar-refractivity contribution in [2.75, 3.05) is 18.9 Å². The van der Waals surface area contributed by atoms with Crippen molar-refractivity contribution in [2.45, 2.75) is 26.4 Å². The Hall–Kier alpha value is -3.88. The molecule has 0 atom stereocenters. The minimum absolute atomic E-state index is 0.166. The number of thiazole rings is 1. The van der Waals surface area contributed by atoms with Crippen molar-refractivity contribution in [3.63, 3.8) is 0 Å². The molecule has 0 saturated heterocycles. The van der Waals surface area contributed by atoms with E-state index in [1.165, 1.54) is 4.88 Å². The van der Waals surface area contributed by atoms with Crippen LogP contribution in [0.3, 0.4) is 0 Å². The molecule has 36 heavy (non-hydrogen) atoms. The van der Waals surface area contributed by atoms with Gasteiger partial charge in [-0.05, 0) is 73.5 Å². The number of rotatable bonds is 6. The molecule has 8 heteroatoms. The van der Waals surface area contributed by atoms with Crippen LogP contribution in [-0.4, -0.2) is 40.3 Å².